The van der Waals surface area contributed by atoms with Gasteiger partial charge in [-0.05, 0) is 42.3 Å². The number of nitrogens with zero attached hydrogens (tertiary/aromatic N) is 3. The van der Waals surface area contributed by atoms with E-state index in [9.17, 15) is 9.18 Å². The molecule has 6 nitrogen and oxygen atoms in total. The minimum atomic E-state index is -0.299. The second-order valence-electron chi connectivity index (χ2n) is 5.04. The number of benzene rings is 1. The van der Waals surface area contributed by atoms with Gasteiger partial charge in [-0.2, -0.15) is 0 Å². The summed E-state index contributed by atoms with van der Waals surface area (Å²) < 4.78 is 14.5. The fourth-order valence-electron chi connectivity index (χ4n) is 2.09. The molecule has 0 atom stereocenters. The molecule has 0 fully saturated rings. The molecular weight excluding hydrogens is 409 g/mol. The highest BCUT2D eigenvalue weighted by molar-refractivity contribution is 9.10. The Balaban J connectivity index is 1.54. The van der Waals surface area contributed by atoms with Crippen molar-refractivity contribution in [3.63, 3.8) is 0 Å². The van der Waals surface area contributed by atoms with Crippen molar-refractivity contribution in [1.29, 1.82) is 0 Å². The first-order valence-corrected chi connectivity index (χ1v) is 9.00. The first kappa shape index (κ1) is 17.4. The summed E-state index contributed by atoms with van der Waals surface area (Å²) in [4.78, 5) is 16.2. The van der Waals surface area contributed by atoms with E-state index in [1.807, 2.05) is 0 Å². The van der Waals surface area contributed by atoms with Gasteiger partial charge < -0.3 is 5.32 Å². The van der Waals surface area contributed by atoms with Crippen molar-refractivity contribution in [1.82, 2.24) is 15.2 Å². The molecule has 0 radical (unpaired) electrons. The maximum absolute atomic E-state index is 13.7. The normalized spacial score (nSPS) is 10.5. The lowest BCUT2D eigenvalue weighted by Crippen LogP contribution is -2.13. The molecule has 1 amide bonds. The Morgan fingerprint density at radius 1 is 1.28 bits per heavy atom. The smallest absolute Gasteiger partial charge is 0.259 e. The first-order valence-electron chi connectivity index (χ1n) is 7.33. The van der Waals surface area contributed by atoms with E-state index in [4.69, 9.17) is 0 Å². The van der Waals surface area contributed by atoms with Gasteiger partial charge in [-0.25, -0.2) is 9.37 Å². The van der Waals surface area contributed by atoms with Gasteiger partial charge in [0.2, 0.25) is 5.13 Å². The van der Waals surface area contributed by atoms with E-state index in [2.05, 4.69) is 41.7 Å². The summed E-state index contributed by atoms with van der Waals surface area (Å²) in [5.74, 6) is 0.0801. The van der Waals surface area contributed by atoms with E-state index >= 15 is 0 Å². The number of amides is 1. The van der Waals surface area contributed by atoms with Gasteiger partial charge >= 0.3 is 0 Å². The molecule has 1 aromatic carbocycles. The molecule has 2 aromatic heterocycles. The highest BCUT2D eigenvalue weighted by atomic mass is 79.9. The number of rotatable bonds is 6. The van der Waals surface area contributed by atoms with Crippen LogP contribution in [0.5, 0.6) is 0 Å². The Bertz CT molecular complexity index is 857. The highest BCUT2D eigenvalue weighted by Crippen LogP contribution is 2.16. The summed E-state index contributed by atoms with van der Waals surface area (Å²) in [6, 6.07) is 8.21. The summed E-state index contributed by atoms with van der Waals surface area (Å²) in [5.41, 5.74) is 2.57. The van der Waals surface area contributed by atoms with Crippen LogP contribution in [0.25, 0.3) is 0 Å². The van der Waals surface area contributed by atoms with Crippen molar-refractivity contribution < 1.29 is 9.18 Å². The van der Waals surface area contributed by atoms with E-state index in [1.54, 1.807) is 24.3 Å². The minimum absolute atomic E-state index is 0.235. The van der Waals surface area contributed by atoms with Crippen molar-refractivity contribution in [2.75, 3.05) is 17.2 Å². The molecule has 128 valence electrons. The molecule has 0 spiro atoms. The minimum Gasteiger partial charge on any atom is -0.370 e. The zero-order chi connectivity index (χ0) is 17.6. The van der Waals surface area contributed by atoms with Gasteiger partial charge in [0.15, 0.2) is 0 Å². The van der Waals surface area contributed by atoms with Gasteiger partial charge in [0, 0.05) is 17.2 Å². The quantitative estimate of drug-likeness (QED) is 0.633. The van der Waals surface area contributed by atoms with Crippen LogP contribution in [-0.2, 0) is 6.42 Å². The van der Waals surface area contributed by atoms with Gasteiger partial charge in [0.05, 0.1) is 5.56 Å². The van der Waals surface area contributed by atoms with E-state index in [0.29, 0.717) is 35.0 Å². The fraction of sp³-hybridized carbons (Fsp3) is 0.125. The van der Waals surface area contributed by atoms with Crippen molar-refractivity contribution >= 4 is 44.1 Å². The molecule has 0 aliphatic rings. The average molecular weight is 422 g/mol. The number of hydrogen-bond donors (Lipinski definition) is 2. The number of anilines is 2. The van der Waals surface area contributed by atoms with Crippen molar-refractivity contribution in [2.45, 2.75) is 6.42 Å². The lowest BCUT2D eigenvalue weighted by molar-refractivity contribution is 0.102. The number of carbonyl (C=O) groups excluding carboxylic acids is 1. The van der Waals surface area contributed by atoms with Gasteiger partial charge in [-0.15, -0.1) is 10.2 Å². The monoisotopic (exact) mass is 421 g/mol. The van der Waals surface area contributed by atoms with E-state index in [1.165, 1.54) is 29.1 Å². The second kappa shape index (κ2) is 8.13. The van der Waals surface area contributed by atoms with Crippen LogP contribution in [0.2, 0.25) is 0 Å². The summed E-state index contributed by atoms with van der Waals surface area (Å²) in [6.07, 6.45) is 1.99. The Morgan fingerprint density at radius 3 is 2.88 bits per heavy atom. The molecular formula is C16H13BrFN5OS. The number of pyridine rings is 1. The standard InChI is InChI=1S/C16H13BrFN5OS/c17-12-2-3-13(18)10(7-12)5-6-19-14-4-1-11(8-20-14)15(24)22-16-23-21-9-25-16/h1-4,7-9H,5-6H2,(H,19,20)(H,22,23,24). The topological polar surface area (TPSA) is 79.8 Å². The third-order valence-electron chi connectivity index (χ3n) is 3.31. The van der Waals surface area contributed by atoms with Crippen LogP contribution in [0.3, 0.4) is 0 Å². The van der Waals surface area contributed by atoms with Crippen LogP contribution in [0.15, 0.2) is 46.5 Å². The second-order valence-corrected chi connectivity index (χ2v) is 6.79. The molecule has 3 rings (SSSR count). The molecule has 0 saturated carbocycles. The zero-order valence-electron chi connectivity index (χ0n) is 12.9. The van der Waals surface area contributed by atoms with E-state index in [-0.39, 0.29) is 11.7 Å². The molecule has 2 N–H and O–H groups in total. The van der Waals surface area contributed by atoms with E-state index < -0.39 is 0 Å². The molecule has 0 unspecified atom stereocenters. The van der Waals surface area contributed by atoms with Crippen molar-refractivity contribution in [3.05, 3.63) is 63.5 Å². The molecule has 0 bridgehead atoms. The highest BCUT2D eigenvalue weighted by Gasteiger charge is 2.09. The molecule has 0 aliphatic carbocycles. The number of nitrogens with one attached hydrogen (secondary N) is 2. The molecule has 25 heavy (non-hydrogen) atoms. The third-order valence-corrected chi connectivity index (χ3v) is 4.41. The number of hydrogen-bond acceptors (Lipinski definition) is 6. The number of carbonyl (C=O) groups is 1. The van der Waals surface area contributed by atoms with Crippen molar-refractivity contribution in [3.8, 4) is 0 Å². The number of halogens is 2. The summed E-state index contributed by atoms with van der Waals surface area (Å²) in [6.45, 7) is 0.525. The van der Waals surface area contributed by atoms with Gasteiger partial charge in [0.25, 0.3) is 5.91 Å². The summed E-state index contributed by atoms with van der Waals surface area (Å²) in [7, 11) is 0. The van der Waals surface area contributed by atoms with E-state index in [0.717, 1.165) is 4.47 Å². The first-order chi connectivity index (χ1) is 12.1. The van der Waals surface area contributed by atoms with Gasteiger partial charge in [-0.1, -0.05) is 27.3 Å². The fourth-order valence-corrected chi connectivity index (χ4v) is 2.94. The van der Waals surface area contributed by atoms with Crippen LogP contribution in [0.4, 0.5) is 15.3 Å². The predicted octanol–water partition coefficient (Wildman–Crippen LogP) is 3.74. The van der Waals surface area contributed by atoms with Crippen LogP contribution < -0.4 is 10.6 Å². The summed E-state index contributed by atoms with van der Waals surface area (Å²) >= 11 is 4.57. The molecule has 0 aliphatic heterocycles. The predicted molar refractivity (Wildman–Crippen MR) is 98.4 cm³/mol. The van der Waals surface area contributed by atoms with Crippen LogP contribution >= 0.6 is 27.3 Å². The third kappa shape index (κ3) is 4.80. The van der Waals surface area contributed by atoms with Crippen LogP contribution in [0.1, 0.15) is 15.9 Å². The Hall–Kier alpha value is -2.39. The number of aromatic nitrogens is 3. The van der Waals surface area contributed by atoms with Crippen LogP contribution in [-0.4, -0.2) is 27.6 Å². The lowest BCUT2D eigenvalue weighted by atomic mass is 10.1. The Morgan fingerprint density at radius 2 is 2.16 bits per heavy atom. The maximum atomic E-state index is 13.7. The summed E-state index contributed by atoms with van der Waals surface area (Å²) in [5, 5.41) is 13.6. The molecule has 2 heterocycles. The SMILES string of the molecule is O=C(Nc1nncs1)c1ccc(NCCc2cc(Br)ccc2F)nc1. The molecule has 3 aromatic rings. The van der Waals surface area contributed by atoms with Gasteiger partial charge in [0.1, 0.15) is 17.1 Å². The largest absolute Gasteiger partial charge is 0.370 e. The molecule has 0 saturated heterocycles. The lowest BCUT2D eigenvalue weighted by Gasteiger charge is -2.08. The Kier molecular flexibility index (Phi) is 5.67. The van der Waals surface area contributed by atoms with Crippen molar-refractivity contribution in [2.24, 2.45) is 0 Å². The van der Waals surface area contributed by atoms with Gasteiger partial charge in [-0.3, -0.25) is 10.1 Å². The Labute approximate surface area is 155 Å². The van der Waals surface area contributed by atoms with Crippen LogP contribution in [0, 0.1) is 5.82 Å². The average Bonchev–Trinajstić information content (AvgIpc) is 3.11. The zero-order valence-corrected chi connectivity index (χ0v) is 15.3. The maximum Gasteiger partial charge on any atom is 0.259 e. The molecule has 9 heteroatoms.